The second kappa shape index (κ2) is 9.46. The summed E-state index contributed by atoms with van der Waals surface area (Å²) in [5, 5.41) is 2.42. The number of anilines is 1. The fourth-order valence-electron chi connectivity index (χ4n) is 2.45. The van der Waals surface area contributed by atoms with E-state index in [0.717, 1.165) is 42.8 Å². The summed E-state index contributed by atoms with van der Waals surface area (Å²) in [5.74, 6) is -2.82. The molecule has 0 aliphatic heterocycles. The van der Waals surface area contributed by atoms with Crippen LogP contribution in [0.2, 0.25) is 0 Å². The Kier molecular flexibility index (Phi) is 7.24. The van der Waals surface area contributed by atoms with Crippen molar-refractivity contribution < 1.29 is 36.7 Å². The zero-order chi connectivity index (χ0) is 22.5. The van der Waals surface area contributed by atoms with E-state index in [9.17, 15) is 27.2 Å². The average molecular weight is 438 g/mol. The summed E-state index contributed by atoms with van der Waals surface area (Å²) in [4.78, 5) is 35.8. The van der Waals surface area contributed by atoms with Crippen LogP contribution in [0.5, 0.6) is 0 Å². The van der Waals surface area contributed by atoms with Crippen LogP contribution in [0.3, 0.4) is 0 Å². The van der Waals surface area contributed by atoms with E-state index in [0.29, 0.717) is 0 Å². The zero-order valence-corrected chi connectivity index (χ0v) is 17.2. The van der Waals surface area contributed by atoms with Crippen LogP contribution < -0.4 is 5.32 Å². The molecule has 0 fully saturated rings. The summed E-state index contributed by atoms with van der Waals surface area (Å²) < 4.78 is 48.0. The third kappa shape index (κ3) is 5.39. The molecule has 0 atom stereocenters. The van der Waals surface area contributed by atoms with Gasteiger partial charge in [0.1, 0.15) is 5.82 Å². The van der Waals surface area contributed by atoms with Crippen molar-refractivity contribution in [1.82, 2.24) is 4.31 Å². The highest BCUT2D eigenvalue weighted by molar-refractivity contribution is 7.89. The van der Waals surface area contributed by atoms with E-state index in [2.05, 4.69) is 14.8 Å². The molecule has 0 aromatic heterocycles. The summed E-state index contributed by atoms with van der Waals surface area (Å²) in [6.07, 6.45) is 0. The normalized spacial score (nSPS) is 11.1. The van der Waals surface area contributed by atoms with Gasteiger partial charge in [-0.1, -0.05) is 0 Å². The quantitative estimate of drug-likeness (QED) is 0.653. The number of benzene rings is 2. The van der Waals surface area contributed by atoms with E-state index < -0.39 is 40.2 Å². The van der Waals surface area contributed by atoms with E-state index in [1.807, 2.05) is 0 Å². The van der Waals surface area contributed by atoms with Crippen molar-refractivity contribution in [1.29, 1.82) is 0 Å². The van der Waals surface area contributed by atoms with Crippen molar-refractivity contribution in [2.75, 3.05) is 33.1 Å². The third-order valence-corrected chi connectivity index (χ3v) is 5.76. The molecule has 11 heteroatoms. The molecule has 0 heterocycles. The predicted octanol–water partition coefficient (Wildman–Crippen LogP) is 1.66. The molecule has 1 N–H and O–H groups in total. The van der Waals surface area contributed by atoms with Gasteiger partial charge >= 0.3 is 11.9 Å². The first-order valence-electron chi connectivity index (χ1n) is 8.42. The minimum absolute atomic E-state index is 0.0111. The average Bonchev–Trinajstić information content (AvgIpc) is 2.72. The molecule has 0 aliphatic rings. The lowest BCUT2D eigenvalue weighted by atomic mass is 10.1. The second-order valence-corrected chi connectivity index (χ2v) is 8.09. The lowest BCUT2D eigenvalue weighted by Crippen LogP contribution is -2.35. The minimum atomic E-state index is -4.04. The van der Waals surface area contributed by atoms with Crippen LogP contribution in [-0.4, -0.2) is 58.4 Å². The van der Waals surface area contributed by atoms with E-state index in [1.54, 1.807) is 0 Å². The Morgan fingerprint density at radius 3 is 1.93 bits per heavy atom. The minimum Gasteiger partial charge on any atom is -0.465 e. The molecule has 30 heavy (non-hydrogen) atoms. The van der Waals surface area contributed by atoms with E-state index in [1.165, 1.54) is 25.2 Å². The van der Waals surface area contributed by atoms with Crippen molar-refractivity contribution in [2.24, 2.45) is 0 Å². The molecule has 9 nitrogen and oxygen atoms in total. The Labute approximate surface area is 172 Å². The molecule has 2 aromatic carbocycles. The first kappa shape index (κ1) is 23.0. The van der Waals surface area contributed by atoms with Gasteiger partial charge in [0.2, 0.25) is 15.9 Å². The number of carbonyl (C=O) groups is 3. The number of likely N-dealkylation sites (N-methyl/N-ethyl adjacent to an activating group) is 1. The van der Waals surface area contributed by atoms with E-state index >= 15 is 0 Å². The van der Waals surface area contributed by atoms with Crippen molar-refractivity contribution in [3.05, 3.63) is 59.4 Å². The van der Waals surface area contributed by atoms with Crippen molar-refractivity contribution in [3.8, 4) is 0 Å². The number of hydrogen-bond acceptors (Lipinski definition) is 7. The molecule has 0 saturated heterocycles. The molecule has 2 rings (SSSR count). The maximum atomic E-state index is 13.0. The van der Waals surface area contributed by atoms with Crippen LogP contribution in [0.25, 0.3) is 0 Å². The number of sulfonamides is 1. The molecule has 2 aromatic rings. The van der Waals surface area contributed by atoms with E-state index in [4.69, 9.17) is 0 Å². The number of rotatable bonds is 7. The van der Waals surface area contributed by atoms with Gasteiger partial charge in [-0.05, 0) is 42.5 Å². The van der Waals surface area contributed by atoms with Crippen LogP contribution in [0, 0.1) is 5.82 Å². The number of amides is 1. The monoisotopic (exact) mass is 438 g/mol. The SMILES string of the molecule is COC(=O)c1cc(NC(=O)CN(C)S(=O)(=O)c2ccc(F)cc2)cc(C(=O)OC)c1. The number of hydrogen-bond donors (Lipinski definition) is 1. The Hall–Kier alpha value is -3.31. The highest BCUT2D eigenvalue weighted by Crippen LogP contribution is 2.18. The fraction of sp³-hybridized carbons (Fsp3) is 0.211. The van der Waals surface area contributed by atoms with Crippen LogP contribution in [-0.2, 0) is 24.3 Å². The first-order valence-corrected chi connectivity index (χ1v) is 9.86. The van der Waals surface area contributed by atoms with Crippen LogP contribution >= 0.6 is 0 Å². The standard InChI is InChI=1S/C19H19FN2O7S/c1-22(30(26,27)16-6-4-14(20)5-7-16)11-17(23)21-15-9-12(18(24)28-2)8-13(10-15)19(25)29-3/h4-10H,11H2,1-3H3,(H,21,23). The maximum Gasteiger partial charge on any atom is 0.337 e. The summed E-state index contributed by atoms with van der Waals surface area (Å²) in [7, 11) is -0.546. The smallest absolute Gasteiger partial charge is 0.337 e. The number of methoxy groups -OCH3 is 2. The fourth-order valence-corrected chi connectivity index (χ4v) is 3.57. The molecule has 0 saturated carbocycles. The number of ether oxygens (including phenoxy) is 2. The Morgan fingerprint density at radius 2 is 1.47 bits per heavy atom. The van der Waals surface area contributed by atoms with Crippen LogP contribution in [0.4, 0.5) is 10.1 Å². The summed E-state index contributed by atoms with van der Waals surface area (Å²) in [6, 6.07) is 7.93. The molecule has 160 valence electrons. The molecule has 0 bridgehead atoms. The predicted molar refractivity (Wildman–Crippen MR) is 104 cm³/mol. The summed E-state index contributed by atoms with van der Waals surface area (Å²) >= 11 is 0. The number of nitrogens with one attached hydrogen (secondary N) is 1. The first-order chi connectivity index (χ1) is 14.1. The Bertz CT molecular complexity index is 1030. The van der Waals surface area contributed by atoms with Crippen molar-refractivity contribution >= 4 is 33.6 Å². The topological polar surface area (TPSA) is 119 Å². The highest BCUT2D eigenvalue weighted by Gasteiger charge is 2.23. The summed E-state index contributed by atoms with van der Waals surface area (Å²) in [5.41, 5.74) is 0.0434. The van der Waals surface area contributed by atoms with Crippen LogP contribution in [0.1, 0.15) is 20.7 Å². The molecule has 0 unspecified atom stereocenters. The van der Waals surface area contributed by atoms with Crippen molar-refractivity contribution in [3.63, 3.8) is 0 Å². The molecule has 0 aliphatic carbocycles. The van der Waals surface area contributed by atoms with Gasteiger partial charge in [-0.2, -0.15) is 4.31 Å². The second-order valence-electron chi connectivity index (χ2n) is 6.05. The molecular formula is C19H19FN2O7S. The number of esters is 2. The van der Waals surface area contributed by atoms with Gasteiger partial charge in [0, 0.05) is 12.7 Å². The lowest BCUT2D eigenvalue weighted by molar-refractivity contribution is -0.116. The van der Waals surface area contributed by atoms with Gasteiger partial charge in [0.05, 0.1) is 36.8 Å². The van der Waals surface area contributed by atoms with Gasteiger partial charge in [-0.15, -0.1) is 0 Å². The van der Waals surface area contributed by atoms with Crippen LogP contribution in [0.15, 0.2) is 47.4 Å². The van der Waals surface area contributed by atoms with Gasteiger partial charge in [0.25, 0.3) is 0 Å². The third-order valence-electron chi connectivity index (χ3n) is 3.95. The maximum absolute atomic E-state index is 13.0. The Balaban J connectivity index is 2.21. The van der Waals surface area contributed by atoms with Gasteiger partial charge in [-0.25, -0.2) is 22.4 Å². The molecule has 0 radical (unpaired) electrons. The number of nitrogens with zero attached hydrogens (tertiary/aromatic N) is 1. The summed E-state index contributed by atoms with van der Waals surface area (Å²) in [6.45, 7) is -0.574. The van der Waals surface area contributed by atoms with E-state index in [-0.39, 0.29) is 21.7 Å². The molecule has 0 spiro atoms. The highest BCUT2D eigenvalue weighted by atomic mass is 32.2. The van der Waals surface area contributed by atoms with Gasteiger partial charge in [0.15, 0.2) is 0 Å². The lowest BCUT2D eigenvalue weighted by Gasteiger charge is -2.17. The largest absolute Gasteiger partial charge is 0.465 e. The molecule has 1 amide bonds. The van der Waals surface area contributed by atoms with Crippen molar-refractivity contribution in [2.45, 2.75) is 4.90 Å². The van der Waals surface area contributed by atoms with Gasteiger partial charge in [-0.3, -0.25) is 4.79 Å². The number of carbonyl (C=O) groups excluding carboxylic acids is 3. The molecular weight excluding hydrogens is 419 g/mol. The number of halogens is 1. The van der Waals surface area contributed by atoms with Gasteiger partial charge < -0.3 is 14.8 Å². The Morgan fingerprint density at radius 1 is 0.967 bits per heavy atom. The zero-order valence-electron chi connectivity index (χ0n) is 16.3.